The molecule has 6 nitrogen and oxygen atoms in total. The Hall–Kier alpha value is -2.89. The lowest BCUT2D eigenvalue weighted by atomic mass is 10.2. The summed E-state index contributed by atoms with van der Waals surface area (Å²) in [7, 11) is 0. The second-order valence-electron chi connectivity index (χ2n) is 4.16. The summed E-state index contributed by atoms with van der Waals surface area (Å²) in [5, 5.41) is 4.34. The molecule has 0 N–H and O–H groups in total. The third kappa shape index (κ3) is 2.18. The Morgan fingerprint density at radius 2 is 1.80 bits per heavy atom. The van der Waals surface area contributed by atoms with Crippen LogP contribution < -0.4 is 0 Å². The van der Waals surface area contributed by atoms with E-state index < -0.39 is 0 Å². The summed E-state index contributed by atoms with van der Waals surface area (Å²) in [4.78, 5) is 23.9. The van der Waals surface area contributed by atoms with Crippen LogP contribution in [0.5, 0.6) is 0 Å². The van der Waals surface area contributed by atoms with Crippen LogP contribution in [-0.4, -0.2) is 30.5 Å². The van der Waals surface area contributed by atoms with Gasteiger partial charge in [-0.15, -0.1) is 5.10 Å². The molecule has 0 fully saturated rings. The normalized spacial score (nSPS) is 10.4. The van der Waals surface area contributed by atoms with Crippen molar-refractivity contribution in [3.8, 4) is 17.2 Å². The van der Waals surface area contributed by atoms with E-state index in [1.54, 1.807) is 11.0 Å². The van der Waals surface area contributed by atoms with E-state index in [0.29, 0.717) is 11.5 Å². The lowest BCUT2D eigenvalue weighted by Crippen LogP contribution is -2.03. The third-order valence-corrected chi connectivity index (χ3v) is 2.76. The number of nitrogens with zero attached hydrogens (tertiary/aromatic N) is 5. The Labute approximate surface area is 115 Å². The van der Waals surface area contributed by atoms with Crippen molar-refractivity contribution < 1.29 is 4.79 Å². The first kappa shape index (κ1) is 12.2. The van der Waals surface area contributed by atoms with E-state index in [1.165, 1.54) is 19.3 Å². The van der Waals surface area contributed by atoms with Gasteiger partial charge in [-0.2, -0.15) is 0 Å². The van der Waals surface area contributed by atoms with Crippen molar-refractivity contribution in [1.29, 1.82) is 0 Å². The van der Waals surface area contributed by atoms with Crippen molar-refractivity contribution in [1.82, 2.24) is 24.7 Å². The number of carbonyl (C=O) groups excluding carboxylic acids is 1. The van der Waals surface area contributed by atoms with Crippen LogP contribution in [0.3, 0.4) is 0 Å². The molecule has 0 bridgehead atoms. The van der Waals surface area contributed by atoms with Crippen molar-refractivity contribution in [2.75, 3.05) is 0 Å². The zero-order chi connectivity index (χ0) is 13.9. The fraction of sp³-hybridized carbons (Fsp3) is 0.0714. The maximum absolute atomic E-state index is 11.6. The minimum absolute atomic E-state index is 0.163. The number of para-hydroxylation sites is 1. The fourth-order valence-electron chi connectivity index (χ4n) is 1.84. The van der Waals surface area contributed by atoms with Crippen molar-refractivity contribution >= 4 is 5.78 Å². The van der Waals surface area contributed by atoms with Crippen LogP contribution in [0.15, 0.2) is 49.1 Å². The number of carbonyl (C=O) groups is 1. The second-order valence-corrected chi connectivity index (χ2v) is 4.16. The topological polar surface area (TPSA) is 73.6 Å². The molecule has 6 heteroatoms. The van der Waals surface area contributed by atoms with Crippen molar-refractivity contribution in [2.24, 2.45) is 0 Å². The molecule has 2 heterocycles. The fourth-order valence-corrected chi connectivity index (χ4v) is 1.84. The van der Waals surface area contributed by atoms with Crippen LogP contribution >= 0.6 is 0 Å². The maximum atomic E-state index is 11.6. The van der Waals surface area contributed by atoms with Gasteiger partial charge in [-0.05, 0) is 12.1 Å². The number of hydrogen-bond donors (Lipinski definition) is 0. The van der Waals surface area contributed by atoms with E-state index in [9.17, 15) is 4.79 Å². The van der Waals surface area contributed by atoms with Crippen LogP contribution in [0.2, 0.25) is 0 Å². The zero-order valence-electron chi connectivity index (χ0n) is 10.8. The van der Waals surface area contributed by atoms with Gasteiger partial charge in [-0.25, -0.2) is 19.6 Å². The van der Waals surface area contributed by atoms with E-state index >= 15 is 0 Å². The highest BCUT2D eigenvalue weighted by atomic mass is 16.1. The van der Waals surface area contributed by atoms with Crippen LogP contribution in [0.4, 0.5) is 0 Å². The zero-order valence-corrected chi connectivity index (χ0v) is 10.8. The van der Waals surface area contributed by atoms with E-state index in [1.807, 2.05) is 30.3 Å². The van der Waals surface area contributed by atoms with Gasteiger partial charge in [-0.3, -0.25) is 4.79 Å². The molecule has 2 aromatic heterocycles. The highest BCUT2D eigenvalue weighted by Gasteiger charge is 2.15. The van der Waals surface area contributed by atoms with Gasteiger partial charge < -0.3 is 0 Å². The quantitative estimate of drug-likeness (QED) is 0.676. The summed E-state index contributed by atoms with van der Waals surface area (Å²) in [6.07, 6.45) is 4.59. The highest BCUT2D eigenvalue weighted by Crippen LogP contribution is 2.16. The number of rotatable bonds is 3. The Balaban J connectivity index is 2.05. The highest BCUT2D eigenvalue weighted by molar-refractivity contribution is 5.96. The van der Waals surface area contributed by atoms with Crippen molar-refractivity contribution in [3.05, 3.63) is 54.7 Å². The first-order chi connectivity index (χ1) is 9.75. The molecule has 0 aliphatic carbocycles. The molecule has 0 radical (unpaired) electrons. The molecule has 0 aliphatic rings. The second kappa shape index (κ2) is 5.00. The minimum Gasteiger partial charge on any atom is -0.293 e. The van der Waals surface area contributed by atoms with Crippen LogP contribution in [0.1, 0.15) is 17.4 Å². The third-order valence-electron chi connectivity index (χ3n) is 2.76. The lowest BCUT2D eigenvalue weighted by Gasteiger charge is -2.00. The summed E-state index contributed by atoms with van der Waals surface area (Å²) >= 11 is 0. The van der Waals surface area contributed by atoms with Gasteiger partial charge in [0.05, 0.1) is 5.69 Å². The number of benzene rings is 1. The summed E-state index contributed by atoms with van der Waals surface area (Å²) in [6.45, 7) is 1.45. The Kier molecular flexibility index (Phi) is 3.04. The molecule has 3 aromatic rings. The predicted molar refractivity (Wildman–Crippen MR) is 72.4 cm³/mol. The Morgan fingerprint density at radius 1 is 1.05 bits per heavy atom. The number of aromatic nitrogens is 5. The molecule has 0 atom stereocenters. The average Bonchev–Trinajstić information content (AvgIpc) is 2.98. The van der Waals surface area contributed by atoms with Gasteiger partial charge in [0.15, 0.2) is 5.78 Å². The van der Waals surface area contributed by atoms with Gasteiger partial charge in [0.2, 0.25) is 5.82 Å². The molecule has 1 aromatic carbocycles. The van der Waals surface area contributed by atoms with Gasteiger partial charge in [0, 0.05) is 19.3 Å². The number of ketones is 1. The van der Waals surface area contributed by atoms with E-state index in [4.69, 9.17) is 0 Å². The lowest BCUT2D eigenvalue weighted by molar-refractivity contribution is 0.101. The standard InChI is InChI=1S/C14H11N5O/c1-10(20)12-13(16-8-7-15-12)14-17-9-19(18-14)11-5-3-2-4-6-11/h2-9H,1H3. The molecule has 0 spiro atoms. The first-order valence-electron chi connectivity index (χ1n) is 6.05. The van der Waals surface area contributed by atoms with Crippen molar-refractivity contribution in [2.45, 2.75) is 6.92 Å². The maximum Gasteiger partial charge on any atom is 0.202 e. The molecule has 3 rings (SSSR count). The predicted octanol–water partition coefficient (Wildman–Crippen LogP) is 1.93. The molecular weight excluding hydrogens is 254 g/mol. The molecule has 0 saturated carbocycles. The molecule has 0 unspecified atom stereocenters. The molecular formula is C14H11N5O. The molecule has 0 aliphatic heterocycles. The summed E-state index contributed by atoms with van der Waals surface area (Å²) in [5.74, 6) is 0.219. The van der Waals surface area contributed by atoms with Gasteiger partial charge in [0.1, 0.15) is 17.7 Å². The molecule has 0 amide bonds. The molecule has 0 saturated heterocycles. The number of Topliss-reactive ketones (excluding diaryl/α,β-unsaturated/α-hetero) is 1. The van der Waals surface area contributed by atoms with Gasteiger partial charge in [0.25, 0.3) is 0 Å². The van der Waals surface area contributed by atoms with Crippen LogP contribution in [0, 0.1) is 0 Å². The smallest absolute Gasteiger partial charge is 0.202 e. The first-order valence-corrected chi connectivity index (χ1v) is 6.05. The summed E-state index contributed by atoms with van der Waals surface area (Å²) in [6, 6.07) is 9.60. The average molecular weight is 265 g/mol. The Morgan fingerprint density at radius 3 is 2.55 bits per heavy atom. The summed E-state index contributed by atoms with van der Waals surface area (Å²) < 4.78 is 1.63. The van der Waals surface area contributed by atoms with Crippen LogP contribution in [-0.2, 0) is 0 Å². The monoisotopic (exact) mass is 265 g/mol. The van der Waals surface area contributed by atoms with Crippen LogP contribution in [0.25, 0.3) is 17.2 Å². The molecule has 98 valence electrons. The van der Waals surface area contributed by atoms with Gasteiger partial charge >= 0.3 is 0 Å². The van der Waals surface area contributed by atoms with Crippen molar-refractivity contribution in [3.63, 3.8) is 0 Å². The molecule has 20 heavy (non-hydrogen) atoms. The Bertz CT molecular complexity index is 751. The van der Waals surface area contributed by atoms with E-state index in [-0.39, 0.29) is 11.5 Å². The SMILES string of the molecule is CC(=O)c1nccnc1-c1ncn(-c2ccccc2)n1. The van der Waals surface area contributed by atoms with E-state index in [0.717, 1.165) is 5.69 Å². The number of hydrogen-bond acceptors (Lipinski definition) is 5. The largest absolute Gasteiger partial charge is 0.293 e. The van der Waals surface area contributed by atoms with Gasteiger partial charge in [-0.1, -0.05) is 18.2 Å². The minimum atomic E-state index is -0.163. The summed E-state index contributed by atoms with van der Waals surface area (Å²) in [5.41, 5.74) is 1.56. The van der Waals surface area contributed by atoms with E-state index in [2.05, 4.69) is 20.1 Å².